The Kier molecular flexibility index (Phi) is 2.86. The Labute approximate surface area is 90.0 Å². The van der Waals surface area contributed by atoms with E-state index >= 15 is 0 Å². The maximum atomic E-state index is 4.19. The molecule has 0 fully saturated rings. The average Bonchev–Trinajstić information content (AvgIpc) is 2.64. The topological polar surface area (TPSA) is 28.7 Å². The molecule has 2 heteroatoms. The molecule has 0 saturated heterocycles. The SMILES string of the molecule is CC(C)C/C=C/c1ccc2nc[nH]c2c1. The summed E-state index contributed by atoms with van der Waals surface area (Å²) in [6.45, 7) is 4.45. The summed E-state index contributed by atoms with van der Waals surface area (Å²) in [5.74, 6) is 0.720. The van der Waals surface area contributed by atoms with Crippen LogP contribution in [0.3, 0.4) is 0 Å². The smallest absolute Gasteiger partial charge is 0.0931 e. The Morgan fingerprint density at radius 3 is 3.07 bits per heavy atom. The largest absolute Gasteiger partial charge is 0.345 e. The fourth-order valence-corrected chi connectivity index (χ4v) is 1.53. The molecule has 0 aliphatic carbocycles. The van der Waals surface area contributed by atoms with E-state index in [9.17, 15) is 0 Å². The number of aromatic amines is 1. The molecule has 2 rings (SSSR count). The highest BCUT2D eigenvalue weighted by Gasteiger charge is 1.95. The molecule has 1 heterocycles. The highest BCUT2D eigenvalue weighted by molar-refractivity contribution is 5.77. The molecule has 0 aliphatic heterocycles. The Hall–Kier alpha value is -1.57. The lowest BCUT2D eigenvalue weighted by Gasteiger charge is -1.97. The first-order valence-electron chi connectivity index (χ1n) is 5.35. The van der Waals surface area contributed by atoms with Gasteiger partial charge in [0.05, 0.1) is 17.4 Å². The van der Waals surface area contributed by atoms with Gasteiger partial charge in [0.25, 0.3) is 0 Å². The van der Waals surface area contributed by atoms with Gasteiger partial charge in [0, 0.05) is 0 Å². The number of imidazole rings is 1. The van der Waals surface area contributed by atoms with Crippen molar-refractivity contribution in [2.24, 2.45) is 5.92 Å². The number of rotatable bonds is 3. The van der Waals surface area contributed by atoms with Crippen LogP contribution >= 0.6 is 0 Å². The molecule has 0 amide bonds. The second-order valence-corrected chi connectivity index (χ2v) is 4.21. The number of allylic oxidation sites excluding steroid dienone is 1. The van der Waals surface area contributed by atoms with E-state index in [1.807, 2.05) is 6.07 Å². The monoisotopic (exact) mass is 200 g/mol. The van der Waals surface area contributed by atoms with Crippen molar-refractivity contribution in [2.75, 3.05) is 0 Å². The van der Waals surface area contributed by atoms with Gasteiger partial charge in [0.2, 0.25) is 0 Å². The van der Waals surface area contributed by atoms with Gasteiger partial charge in [-0.05, 0) is 30.0 Å². The first-order chi connectivity index (χ1) is 7.25. The van der Waals surface area contributed by atoms with Crippen LogP contribution in [-0.4, -0.2) is 9.97 Å². The highest BCUT2D eigenvalue weighted by Crippen LogP contribution is 2.13. The minimum Gasteiger partial charge on any atom is -0.345 e. The zero-order chi connectivity index (χ0) is 10.7. The molecule has 0 saturated carbocycles. The van der Waals surface area contributed by atoms with Gasteiger partial charge < -0.3 is 4.98 Å². The lowest BCUT2D eigenvalue weighted by atomic mass is 10.1. The number of aromatic nitrogens is 2. The van der Waals surface area contributed by atoms with Crippen LogP contribution in [0.1, 0.15) is 25.8 Å². The third kappa shape index (κ3) is 2.46. The van der Waals surface area contributed by atoms with Crippen LogP contribution in [0, 0.1) is 5.92 Å². The molecule has 2 aromatic rings. The van der Waals surface area contributed by atoms with Crippen molar-refractivity contribution in [3.8, 4) is 0 Å². The number of benzene rings is 1. The van der Waals surface area contributed by atoms with Crippen molar-refractivity contribution >= 4 is 17.1 Å². The lowest BCUT2D eigenvalue weighted by molar-refractivity contribution is 0.665. The molecule has 1 aromatic heterocycles. The van der Waals surface area contributed by atoms with Gasteiger partial charge in [0.15, 0.2) is 0 Å². The first kappa shape index (κ1) is 9.97. The predicted octanol–water partition coefficient (Wildman–Crippen LogP) is 3.62. The van der Waals surface area contributed by atoms with Gasteiger partial charge in [-0.1, -0.05) is 32.1 Å². The van der Waals surface area contributed by atoms with Gasteiger partial charge in [-0.2, -0.15) is 0 Å². The number of hydrogen-bond acceptors (Lipinski definition) is 1. The average molecular weight is 200 g/mol. The Bertz CT molecular complexity index is 466. The van der Waals surface area contributed by atoms with Gasteiger partial charge in [-0.25, -0.2) is 4.98 Å². The quantitative estimate of drug-likeness (QED) is 0.805. The summed E-state index contributed by atoms with van der Waals surface area (Å²) in [4.78, 5) is 7.30. The molecule has 15 heavy (non-hydrogen) atoms. The highest BCUT2D eigenvalue weighted by atomic mass is 14.9. The summed E-state index contributed by atoms with van der Waals surface area (Å²) in [6, 6.07) is 6.26. The van der Waals surface area contributed by atoms with Crippen LogP contribution < -0.4 is 0 Å². The number of nitrogens with zero attached hydrogens (tertiary/aromatic N) is 1. The Morgan fingerprint density at radius 2 is 2.27 bits per heavy atom. The van der Waals surface area contributed by atoms with E-state index < -0.39 is 0 Å². The van der Waals surface area contributed by atoms with Gasteiger partial charge in [-0.15, -0.1) is 0 Å². The molecule has 78 valence electrons. The van der Waals surface area contributed by atoms with Gasteiger partial charge in [0.1, 0.15) is 0 Å². The minimum absolute atomic E-state index is 0.720. The van der Waals surface area contributed by atoms with Crippen LogP contribution in [0.5, 0.6) is 0 Å². The van der Waals surface area contributed by atoms with Crippen LogP contribution in [0.15, 0.2) is 30.6 Å². The molecule has 0 spiro atoms. The molecule has 2 nitrogen and oxygen atoms in total. The number of H-pyrrole nitrogens is 1. The van der Waals surface area contributed by atoms with Crippen molar-refractivity contribution in [2.45, 2.75) is 20.3 Å². The van der Waals surface area contributed by atoms with E-state index in [0.29, 0.717) is 0 Å². The molecule has 0 bridgehead atoms. The molecule has 1 aromatic carbocycles. The molecular weight excluding hydrogens is 184 g/mol. The fourth-order valence-electron chi connectivity index (χ4n) is 1.53. The summed E-state index contributed by atoms with van der Waals surface area (Å²) in [7, 11) is 0. The van der Waals surface area contributed by atoms with E-state index in [0.717, 1.165) is 23.4 Å². The van der Waals surface area contributed by atoms with Crippen molar-refractivity contribution in [3.05, 3.63) is 36.2 Å². The van der Waals surface area contributed by atoms with Crippen molar-refractivity contribution < 1.29 is 0 Å². The van der Waals surface area contributed by atoms with Crippen LogP contribution in [0.25, 0.3) is 17.1 Å². The number of nitrogens with one attached hydrogen (secondary N) is 1. The van der Waals surface area contributed by atoms with E-state index in [2.05, 4.69) is 48.1 Å². The zero-order valence-electron chi connectivity index (χ0n) is 9.20. The summed E-state index contributed by atoms with van der Waals surface area (Å²) in [5, 5.41) is 0. The summed E-state index contributed by atoms with van der Waals surface area (Å²) >= 11 is 0. The molecule has 0 atom stereocenters. The van der Waals surface area contributed by atoms with Crippen molar-refractivity contribution in [1.29, 1.82) is 0 Å². The number of hydrogen-bond donors (Lipinski definition) is 1. The van der Waals surface area contributed by atoms with E-state index in [1.165, 1.54) is 5.56 Å². The molecular formula is C13H16N2. The lowest BCUT2D eigenvalue weighted by Crippen LogP contribution is -1.81. The van der Waals surface area contributed by atoms with Crippen LogP contribution in [0.2, 0.25) is 0 Å². The fraction of sp³-hybridized carbons (Fsp3) is 0.308. The Morgan fingerprint density at radius 1 is 1.40 bits per heavy atom. The third-order valence-corrected chi connectivity index (χ3v) is 2.36. The van der Waals surface area contributed by atoms with Crippen molar-refractivity contribution in [3.63, 3.8) is 0 Å². The normalized spacial score (nSPS) is 11.9. The molecule has 1 N–H and O–H groups in total. The molecule has 0 radical (unpaired) electrons. The summed E-state index contributed by atoms with van der Waals surface area (Å²) in [6.07, 6.45) is 7.25. The molecule has 0 aliphatic rings. The minimum atomic E-state index is 0.720. The second-order valence-electron chi connectivity index (χ2n) is 4.21. The second kappa shape index (κ2) is 4.30. The van der Waals surface area contributed by atoms with Crippen LogP contribution in [0.4, 0.5) is 0 Å². The standard InChI is InChI=1S/C13H16N2/c1-10(2)4-3-5-11-6-7-12-13(8-11)15-9-14-12/h3,5-10H,4H2,1-2H3,(H,14,15)/b5-3+. The summed E-state index contributed by atoms with van der Waals surface area (Å²) in [5.41, 5.74) is 3.35. The van der Waals surface area contributed by atoms with E-state index in [1.54, 1.807) is 6.33 Å². The maximum absolute atomic E-state index is 4.19. The third-order valence-electron chi connectivity index (χ3n) is 2.36. The zero-order valence-corrected chi connectivity index (χ0v) is 9.20. The van der Waals surface area contributed by atoms with Gasteiger partial charge >= 0.3 is 0 Å². The van der Waals surface area contributed by atoms with E-state index in [4.69, 9.17) is 0 Å². The van der Waals surface area contributed by atoms with Crippen LogP contribution in [-0.2, 0) is 0 Å². The molecule has 0 unspecified atom stereocenters. The Balaban J connectivity index is 2.17. The summed E-state index contributed by atoms with van der Waals surface area (Å²) < 4.78 is 0. The maximum Gasteiger partial charge on any atom is 0.0931 e. The first-order valence-corrected chi connectivity index (χ1v) is 5.35. The van der Waals surface area contributed by atoms with Crippen molar-refractivity contribution in [1.82, 2.24) is 9.97 Å². The van der Waals surface area contributed by atoms with E-state index in [-0.39, 0.29) is 0 Å². The van der Waals surface area contributed by atoms with Gasteiger partial charge in [-0.3, -0.25) is 0 Å². The number of fused-ring (bicyclic) bond motifs is 1. The predicted molar refractivity (Wildman–Crippen MR) is 64.6 cm³/mol.